The van der Waals surface area contributed by atoms with Crippen LogP contribution in [0, 0.1) is 6.92 Å². The summed E-state index contributed by atoms with van der Waals surface area (Å²) < 4.78 is 28.8. The minimum absolute atomic E-state index is 0.139. The summed E-state index contributed by atoms with van der Waals surface area (Å²) in [4.78, 5) is 0.139. The average molecular weight is 362 g/mol. The molecular formula is C17H16ClN3O2S. The molecular weight excluding hydrogens is 346 g/mol. The van der Waals surface area contributed by atoms with Crippen molar-refractivity contribution < 1.29 is 8.42 Å². The Morgan fingerprint density at radius 1 is 1.04 bits per heavy atom. The van der Waals surface area contributed by atoms with Gasteiger partial charge in [-0.2, -0.15) is 5.10 Å². The number of nitrogens with zero attached hydrogens (tertiary/aromatic N) is 2. The van der Waals surface area contributed by atoms with E-state index in [0.29, 0.717) is 11.6 Å². The summed E-state index contributed by atoms with van der Waals surface area (Å²) in [5.41, 5.74) is 2.28. The van der Waals surface area contributed by atoms with Gasteiger partial charge in [0.05, 0.1) is 11.4 Å². The molecule has 0 spiro atoms. The van der Waals surface area contributed by atoms with E-state index in [1.807, 2.05) is 31.2 Å². The third-order valence-corrected chi connectivity index (χ3v) is 5.09. The van der Waals surface area contributed by atoms with Crippen molar-refractivity contribution in [2.24, 2.45) is 0 Å². The molecule has 0 bridgehead atoms. The highest BCUT2D eigenvalue weighted by Crippen LogP contribution is 2.17. The number of anilines is 1. The molecule has 0 fully saturated rings. The summed E-state index contributed by atoms with van der Waals surface area (Å²) >= 11 is 5.78. The maximum absolute atomic E-state index is 12.3. The first-order chi connectivity index (χ1) is 11.4. The van der Waals surface area contributed by atoms with E-state index in [-0.39, 0.29) is 10.7 Å². The van der Waals surface area contributed by atoms with Crippen LogP contribution in [0.3, 0.4) is 0 Å². The number of halogens is 1. The van der Waals surface area contributed by atoms with Crippen LogP contribution in [-0.2, 0) is 16.6 Å². The van der Waals surface area contributed by atoms with Crippen LogP contribution < -0.4 is 4.72 Å². The quantitative estimate of drug-likeness (QED) is 0.753. The van der Waals surface area contributed by atoms with Crippen molar-refractivity contribution in [2.45, 2.75) is 18.4 Å². The van der Waals surface area contributed by atoms with Crippen LogP contribution in [0.15, 0.2) is 65.7 Å². The number of benzene rings is 2. The Morgan fingerprint density at radius 3 is 2.38 bits per heavy atom. The normalized spacial score (nSPS) is 11.4. The highest BCUT2D eigenvalue weighted by molar-refractivity contribution is 7.92. The van der Waals surface area contributed by atoms with Gasteiger partial charge in [0.25, 0.3) is 10.0 Å². The Bertz CT molecular complexity index is 933. The maximum atomic E-state index is 12.3. The van der Waals surface area contributed by atoms with Crippen molar-refractivity contribution in [1.82, 2.24) is 9.78 Å². The molecule has 5 nitrogen and oxygen atoms in total. The van der Waals surface area contributed by atoms with Crippen molar-refractivity contribution in [3.05, 3.63) is 76.9 Å². The smallest absolute Gasteiger partial charge is 0.263 e. The summed E-state index contributed by atoms with van der Waals surface area (Å²) in [6.07, 6.45) is 1.74. The fourth-order valence-corrected chi connectivity index (χ4v) is 3.32. The van der Waals surface area contributed by atoms with Gasteiger partial charge in [0.1, 0.15) is 0 Å². The lowest BCUT2D eigenvalue weighted by Gasteiger charge is -2.06. The molecule has 0 aliphatic rings. The molecule has 7 heteroatoms. The molecule has 0 saturated heterocycles. The summed E-state index contributed by atoms with van der Waals surface area (Å²) in [6.45, 7) is 2.60. The van der Waals surface area contributed by atoms with Gasteiger partial charge >= 0.3 is 0 Å². The van der Waals surface area contributed by atoms with Crippen molar-refractivity contribution >= 4 is 27.4 Å². The fraction of sp³-hybridized carbons (Fsp3) is 0.118. The molecule has 0 saturated carbocycles. The lowest BCUT2D eigenvalue weighted by molar-refractivity contribution is 0.600. The number of nitrogens with one attached hydrogen (secondary N) is 1. The van der Waals surface area contributed by atoms with Crippen LogP contribution in [0.5, 0.6) is 0 Å². The second-order valence-corrected chi connectivity index (χ2v) is 7.56. The van der Waals surface area contributed by atoms with E-state index < -0.39 is 10.0 Å². The molecule has 2 aromatic carbocycles. The first-order valence-electron chi connectivity index (χ1n) is 7.30. The van der Waals surface area contributed by atoms with Gasteiger partial charge in [0, 0.05) is 17.3 Å². The number of aryl methyl sites for hydroxylation is 1. The largest absolute Gasteiger partial charge is 0.266 e. The van der Waals surface area contributed by atoms with Gasteiger partial charge in [-0.1, -0.05) is 41.4 Å². The molecule has 0 amide bonds. The zero-order valence-corrected chi connectivity index (χ0v) is 14.6. The predicted octanol–water partition coefficient (Wildman–Crippen LogP) is 3.69. The number of hydrogen-bond acceptors (Lipinski definition) is 3. The van der Waals surface area contributed by atoms with Gasteiger partial charge in [-0.05, 0) is 36.8 Å². The van der Waals surface area contributed by atoms with Crippen molar-refractivity contribution in [1.29, 1.82) is 0 Å². The van der Waals surface area contributed by atoms with E-state index in [9.17, 15) is 8.42 Å². The van der Waals surface area contributed by atoms with E-state index in [2.05, 4.69) is 9.82 Å². The van der Waals surface area contributed by atoms with Gasteiger partial charge in [-0.3, -0.25) is 9.40 Å². The topological polar surface area (TPSA) is 64.0 Å². The standard InChI is InChI=1S/C17H16ClN3O2S/c1-13-2-4-14(5-3-13)12-21-11-10-17(19-21)20-24(22,23)16-8-6-15(18)7-9-16/h2-11H,12H2,1H3,(H,19,20). The van der Waals surface area contributed by atoms with Crippen LogP contribution in [0.25, 0.3) is 0 Å². The van der Waals surface area contributed by atoms with E-state index in [1.54, 1.807) is 16.9 Å². The SMILES string of the molecule is Cc1ccc(Cn2ccc(NS(=O)(=O)c3ccc(Cl)cc3)n2)cc1. The minimum Gasteiger partial charge on any atom is -0.266 e. The van der Waals surface area contributed by atoms with Gasteiger partial charge in [-0.15, -0.1) is 0 Å². The van der Waals surface area contributed by atoms with E-state index in [4.69, 9.17) is 11.6 Å². The number of sulfonamides is 1. The first-order valence-corrected chi connectivity index (χ1v) is 9.16. The van der Waals surface area contributed by atoms with E-state index >= 15 is 0 Å². The van der Waals surface area contributed by atoms with Crippen LogP contribution >= 0.6 is 11.6 Å². The molecule has 1 aromatic heterocycles. The third kappa shape index (κ3) is 3.96. The van der Waals surface area contributed by atoms with Crippen molar-refractivity contribution in [3.8, 4) is 0 Å². The van der Waals surface area contributed by atoms with Crippen LogP contribution in [0.1, 0.15) is 11.1 Å². The molecule has 3 rings (SSSR count). The Kier molecular flexibility index (Phi) is 4.59. The highest BCUT2D eigenvalue weighted by Gasteiger charge is 2.15. The summed E-state index contributed by atoms with van der Waals surface area (Å²) in [6, 6.07) is 15.7. The Hall–Kier alpha value is -2.31. The predicted molar refractivity (Wildman–Crippen MR) is 94.8 cm³/mol. The molecule has 3 aromatic rings. The van der Waals surface area contributed by atoms with Crippen LogP contribution in [0.2, 0.25) is 5.02 Å². The van der Waals surface area contributed by atoms with Crippen molar-refractivity contribution in [2.75, 3.05) is 4.72 Å². The lowest BCUT2D eigenvalue weighted by atomic mass is 10.1. The van der Waals surface area contributed by atoms with Gasteiger partial charge in [0.15, 0.2) is 5.82 Å². The highest BCUT2D eigenvalue weighted by atomic mass is 35.5. The van der Waals surface area contributed by atoms with Gasteiger partial charge in [-0.25, -0.2) is 8.42 Å². The Labute approximate surface area is 145 Å². The summed E-state index contributed by atoms with van der Waals surface area (Å²) in [5.74, 6) is 0.275. The minimum atomic E-state index is -3.68. The summed E-state index contributed by atoms with van der Waals surface area (Å²) in [7, 11) is -3.68. The Balaban J connectivity index is 1.73. The number of rotatable bonds is 5. The molecule has 0 atom stereocenters. The first kappa shape index (κ1) is 16.5. The second-order valence-electron chi connectivity index (χ2n) is 5.44. The molecule has 1 N–H and O–H groups in total. The zero-order valence-electron chi connectivity index (χ0n) is 13.0. The molecule has 0 radical (unpaired) electrons. The molecule has 24 heavy (non-hydrogen) atoms. The monoisotopic (exact) mass is 361 g/mol. The van der Waals surface area contributed by atoms with Crippen molar-refractivity contribution in [3.63, 3.8) is 0 Å². The maximum Gasteiger partial charge on any atom is 0.263 e. The second kappa shape index (κ2) is 6.67. The van der Waals surface area contributed by atoms with Crippen LogP contribution in [0.4, 0.5) is 5.82 Å². The number of aromatic nitrogens is 2. The summed E-state index contributed by atoms with van der Waals surface area (Å²) in [5, 5.41) is 4.74. The lowest BCUT2D eigenvalue weighted by Crippen LogP contribution is -2.13. The molecule has 1 heterocycles. The molecule has 124 valence electrons. The average Bonchev–Trinajstić information content (AvgIpc) is 2.96. The molecule has 0 aliphatic heterocycles. The number of hydrogen-bond donors (Lipinski definition) is 1. The van der Waals surface area contributed by atoms with E-state index in [1.165, 1.54) is 29.8 Å². The molecule has 0 unspecified atom stereocenters. The molecule has 0 aliphatic carbocycles. The van der Waals surface area contributed by atoms with E-state index in [0.717, 1.165) is 5.56 Å². The Morgan fingerprint density at radius 2 is 1.71 bits per heavy atom. The fourth-order valence-electron chi connectivity index (χ4n) is 2.20. The zero-order chi connectivity index (χ0) is 17.2. The van der Waals surface area contributed by atoms with Gasteiger partial charge < -0.3 is 0 Å². The van der Waals surface area contributed by atoms with Gasteiger partial charge in [0.2, 0.25) is 0 Å². The third-order valence-electron chi connectivity index (χ3n) is 3.47. The van der Waals surface area contributed by atoms with Crippen LogP contribution in [-0.4, -0.2) is 18.2 Å².